The molecule has 36 heavy (non-hydrogen) atoms. The van der Waals surface area contributed by atoms with Crippen LogP contribution in [0, 0.1) is 12.7 Å². The van der Waals surface area contributed by atoms with E-state index in [0.717, 1.165) is 22.0 Å². The molecule has 0 saturated heterocycles. The predicted molar refractivity (Wildman–Crippen MR) is 143 cm³/mol. The zero-order chi connectivity index (χ0) is 25.2. The van der Waals surface area contributed by atoms with Crippen molar-refractivity contribution in [2.45, 2.75) is 13.5 Å². The summed E-state index contributed by atoms with van der Waals surface area (Å²) in [5, 5.41) is 5.64. The van der Waals surface area contributed by atoms with Crippen LogP contribution in [0.3, 0.4) is 0 Å². The van der Waals surface area contributed by atoms with Crippen molar-refractivity contribution in [1.82, 2.24) is 14.8 Å². The van der Waals surface area contributed by atoms with E-state index in [1.165, 1.54) is 23.9 Å². The number of H-pyrrole nitrogens is 1. The normalized spacial score (nSPS) is 11.4. The zero-order valence-corrected chi connectivity index (χ0v) is 20.5. The Balaban J connectivity index is 1.64. The molecule has 0 atom stereocenters. The summed E-state index contributed by atoms with van der Waals surface area (Å²) in [6.07, 6.45) is 5.45. The first-order valence-electron chi connectivity index (χ1n) is 11.4. The van der Waals surface area contributed by atoms with Gasteiger partial charge in [0.1, 0.15) is 18.1 Å². The number of rotatable bonds is 6. The van der Waals surface area contributed by atoms with Crippen molar-refractivity contribution in [3.63, 3.8) is 0 Å². The molecule has 3 aromatic carbocycles. The van der Waals surface area contributed by atoms with Crippen LogP contribution in [0.2, 0.25) is 5.02 Å². The highest BCUT2D eigenvalue weighted by Crippen LogP contribution is 2.37. The maximum Gasteiger partial charge on any atom is 0.278 e. The van der Waals surface area contributed by atoms with Crippen molar-refractivity contribution in [2.24, 2.45) is 7.05 Å². The summed E-state index contributed by atoms with van der Waals surface area (Å²) in [5.41, 5.74) is 3.38. The Bertz CT molecular complexity index is 1660. The first kappa shape index (κ1) is 23.6. The SMILES string of the molecule is Cc1nn(C)c(=O)c(-c2c(F)ccc(Cl)c2/C=C/c2ccc3[nH]ccc3c2)c1OCc1ccccc1. The number of halogens is 2. The topological polar surface area (TPSA) is 59.9 Å². The first-order valence-corrected chi connectivity index (χ1v) is 11.8. The largest absolute Gasteiger partial charge is 0.486 e. The quantitative estimate of drug-likeness (QED) is 0.262. The van der Waals surface area contributed by atoms with Crippen LogP contribution < -0.4 is 10.3 Å². The van der Waals surface area contributed by atoms with E-state index >= 15 is 4.39 Å². The van der Waals surface area contributed by atoms with Gasteiger partial charge in [-0.25, -0.2) is 9.07 Å². The fraction of sp³-hybridized carbons (Fsp3) is 0.103. The van der Waals surface area contributed by atoms with Gasteiger partial charge in [0.15, 0.2) is 5.75 Å². The Morgan fingerprint density at radius 3 is 2.67 bits per heavy atom. The number of ether oxygens (including phenoxy) is 1. The third-order valence-corrected chi connectivity index (χ3v) is 6.33. The molecule has 0 radical (unpaired) electrons. The van der Waals surface area contributed by atoms with Crippen molar-refractivity contribution in [3.8, 4) is 16.9 Å². The van der Waals surface area contributed by atoms with Gasteiger partial charge in [0.2, 0.25) is 0 Å². The minimum Gasteiger partial charge on any atom is -0.486 e. The van der Waals surface area contributed by atoms with Crippen molar-refractivity contribution in [1.29, 1.82) is 0 Å². The Morgan fingerprint density at radius 2 is 1.86 bits per heavy atom. The van der Waals surface area contributed by atoms with Gasteiger partial charge >= 0.3 is 0 Å². The molecule has 180 valence electrons. The average Bonchev–Trinajstić information content (AvgIpc) is 3.35. The van der Waals surface area contributed by atoms with Crippen molar-refractivity contribution < 1.29 is 9.13 Å². The Labute approximate surface area is 212 Å². The Morgan fingerprint density at radius 1 is 1.06 bits per heavy atom. The van der Waals surface area contributed by atoms with Crippen LogP contribution in [0.15, 0.2) is 77.7 Å². The van der Waals surface area contributed by atoms with Gasteiger partial charge in [-0.3, -0.25) is 4.79 Å². The van der Waals surface area contributed by atoms with E-state index in [0.29, 0.717) is 16.3 Å². The van der Waals surface area contributed by atoms with Crippen LogP contribution >= 0.6 is 11.6 Å². The molecule has 0 amide bonds. The second-order valence-electron chi connectivity index (χ2n) is 8.47. The molecule has 0 aliphatic carbocycles. The van der Waals surface area contributed by atoms with Gasteiger partial charge in [0, 0.05) is 34.9 Å². The van der Waals surface area contributed by atoms with Gasteiger partial charge in [-0.05, 0) is 53.8 Å². The summed E-state index contributed by atoms with van der Waals surface area (Å²) in [5.74, 6) is -0.348. The maximum atomic E-state index is 15.5. The smallest absolute Gasteiger partial charge is 0.278 e. The highest BCUT2D eigenvalue weighted by atomic mass is 35.5. The Hall–Kier alpha value is -4.16. The van der Waals surface area contributed by atoms with Crippen LogP contribution in [0.4, 0.5) is 4.39 Å². The lowest BCUT2D eigenvalue weighted by molar-refractivity contribution is 0.301. The molecule has 7 heteroatoms. The van der Waals surface area contributed by atoms with Gasteiger partial charge in [-0.1, -0.05) is 60.2 Å². The summed E-state index contributed by atoms with van der Waals surface area (Å²) < 4.78 is 22.7. The fourth-order valence-electron chi connectivity index (χ4n) is 4.22. The molecule has 0 fully saturated rings. The third-order valence-electron chi connectivity index (χ3n) is 6.00. The molecule has 2 heterocycles. The van der Waals surface area contributed by atoms with Crippen LogP contribution in [-0.4, -0.2) is 14.8 Å². The second kappa shape index (κ2) is 9.84. The number of benzene rings is 3. The number of aryl methyl sites for hydroxylation is 2. The van der Waals surface area contributed by atoms with Gasteiger partial charge in [-0.2, -0.15) is 5.10 Å². The van der Waals surface area contributed by atoms with Gasteiger partial charge < -0.3 is 9.72 Å². The molecule has 2 aromatic heterocycles. The lowest BCUT2D eigenvalue weighted by Gasteiger charge is -2.17. The average molecular weight is 500 g/mol. The molecule has 0 spiro atoms. The molecule has 0 unspecified atom stereocenters. The molecular weight excluding hydrogens is 477 g/mol. The first-order chi connectivity index (χ1) is 17.4. The molecule has 0 aliphatic heterocycles. The van der Waals surface area contributed by atoms with Crippen LogP contribution in [0.25, 0.3) is 34.2 Å². The minimum atomic E-state index is -0.576. The van der Waals surface area contributed by atoms with Gasteiger partial charge in [0.05, 0.1) is 5.56 Å². The van der Waals surface area contributed by atoms with Gasteiger partial charge in [-0.15, -0.1) is 0 Å². The number of hydrogen-bond acceptors (Lipinski definition) is 3. The van der Waals surface area contributed by atoms with Crippen LogP contribution in [0.1, 0.15) is 22.4 Å². The van der Waals surface area contributed by atoms with Crippen LogP contribution in [-0.2, 0) is 13.7 Å². The lowest BCUT2D eigenvalue weighted by atomic mass is 9.97. The number of aromatic amines is 1. The third kappa shape index (κ3) is 4.55. The summed E-state index contributed by atoms with van der Waals surface area (Å²) in [7, 11) is 1.53. The molecule has 0 aliphatic rings. The van der Waals surface area contributed by atoms with Crippen molar-refractivity contribution >= 4 is 34.7 Å². The summed E-state index contributed by atoms with van der Waals surface area (Å²) in [4.78, 5) is 16.5. The lowest BCUT2D eigenvalue weighted by Crippen LogP contribution is -2.24. The highest BCUT2D eigenvalue weighted by Gasteiger charge is 2.24. The number of aromatic nitrogens is 3. The fourth-order valence-corrected chi connectivity index (χ4v) is 4.44. The maximum absolute atomic E-state index is 15.5. The molecule has 5 nitrogen and oxygen atoms in total. The van der Waals surface area contributed by atoms with Gasteiger partial charge in [0.25, 0.3) is 5.56 Å². The number of nitrogens with one attached hydrogen (secondary N) is 1. The molecule has 5 aromatic rings. The number of nitrogens with zero attached hydrogens (tertiary/aromatic N) is 2. The monoisotopic (exact) mass is 499 g/mol. The summed E-state index contributed by atoms with van der Waals surface area (Å²) >= 11 is 6.56. The highest BCUT2D eigenvalue weighted by molar-refractivity contribution is 6.32. The summed E-state index contributed by atoms with van der Waals surface area (Å²) in [6.45, 7) is 1.93. The molecule has 1 N–H and O–H groups in total. The van der Waals surface area contributed by atoms with E-state index in [9.17, 15) is 4.79 Å². The van der Waals surface area contributed by atoms with Crippen molar-refractivity contribution in [3.05, 3.63) is 117 Å². The van der Waals surface area contributed by atoms with Crippen LogP contribution in [0.5, 0.6) is 5.75 Å². The van der Waals surface area contributed by atoms with E-state index in [1.54, 1.807) is 13.0 Å². The van der Waals surface area contributed by atoms with E-state index < -0.39 is 11.4 Å². The molecular formula is C29H23ClFN3O2. The Kier molecular flexibility index (Phi) is 6.44. The minimum absolute atomic E-state index is 0.0793. The molecule has 0 bridgehead atoms. The summed E-state index contributed by atoms with van der Waals surface area (Å²) in [6, 6.07) is 20.2. The van der Waals surface area contributed by atoms with E-state index in [1.807, 2.05) is 66.9 Å². The zero-order valence-electron chi connectivity index (χ0n) is 19.8. The van der Waals surface area contributed by atoms with E-state index in [2.05, 4.69) is 10.1 Å². The van der Waals surface area contributed by atoms with E-state index in [-0.39, 0.29) is 23.5 Å². The number of fused-ring (bicyclic) bond motifs is 1. The molecule has 5 rings (SSSR count). The number of hydrogen-bond donors (Lipinski definition) is 1. The van der Waals surface area contributed by atoms with E-state index in [4.69, 9.17) is 16.3 Å². The second-order valence-corrected chi connectivity index (χ2v) is 8.88. The standard InChI is InChI=1S/C29H23ClFN3O2/c1-18-28(36-17-20-6-4-3-5-7-20)27(29(35)34(2)33-18)26-22(23(30)11-12-24(26)31)10-8-19-9-13-25-21(16-19)14-15-32-25/h3-16,32H,17H2,1-2H3/b10-8+. The van der Waals surface area contributed by atoms with Crippen molar-refractivity contribution in [2.75, 3.05) is 0 Å². The predicted octanol–water partition coefficient (Wildman–Crippen LogP) is 6.78. The molecule has 0 saturated carbocycles.